The Hall–Kier alpha value is -2.29. The summed E-state index contributed by atoms with van der Waals surface area (Å²) in [6, 6.07) is 13.5. The van der Waals surface area contributed by atoms with Crippen LogP contribution in [0.1, 0.15) is 25.5 Å². The third-order valence-corrected chi connectivity index (χ3v) is 3.80. The first kappa shape index (κ1) is 13.7. The first-order valence-corrected chi connectivity index (χ1v) is 7.31. The summed E-state index contributed by atoms with van der Waals surface area (Å²) in [4.78, 5) is 14.4. The summed E-state index contributed by atoms with van der Waals surface area (Å²) < 4.78 is 5.39. The van der Waals surface area contributed by atoms with Crippen LogP contribution in [0.2, 0.25) is 0 Å². The van der Waals surface area contributed by atoms with E-state index in [1.807, 2.05) is 49.4 Å². The zero-order valence-electron chi connectivity index (χ0n) is 12.2. The van der Waals surface area contributed by atoms with Crippen molar-refractivity contribution in [3.8, 4) is 0 Å². The van der Waals surface area contributed by atoms with Gasteiger partial charge in [0, 0.05) is 11.8 Å². The molecule has 1 aromatic carbocycles. The number of anilines is 1. The summed E-state index contributed by atoms with van der Waals surface area (Å²) in [5.74, 6) is 1.40. The Balaban J connectivity index is 1.84. The van der Waals surface area contributed by atoms with Crippen molar-refractivity contribution in [3.05, 3.63) is 66.1 Å². The van der Waals surface area contributed by atoms with Gasteiger partial charge >= 0.3 is 0 Å². The van der Waals surface area contributed by atoms with Crippen molar-refractivity contribution in [3.63, 3.8) is 0 Å². The zero-order valence-corrected chi connectivity index (χ0v) is 12.2. The average molecular weight is 281 g/mol. The summed E-state index contributed by atoms with van der Waals surface area (Å²) in [5, 5.41) is 0. The fourth-order valence-corrected chi connectivity index (χ4v) is 2.39. The maximum absolute atomic E-state index is 12.6. The number of para-hydroxylation sites is 1. The molecule has 0 aliphatic heterocycles. The highest BCUT2D eigenvalue weighted by Gasteiger charge is 2.24. The van der Waals surface area contributed by atoms with E-state index in [-0.39, 0.29) is 5.91 Å². The molecule has 1 aromatic heterocycles. The molecule has 0 saturated heterocycles. The van der Waals surface area contributed by atoms with Crippen LogP contribution >= 0.6 is 0 Å². The second-order valence-corrected chi connectivity index (χ2v) is 5.50. The Bertz CT molecular complexity index is 625. The zero-order chi connectivity index (χ0) is 14.7. The largest absolute Gasteiger partial charge is 0.467 e. The van der Waals surface area contributed by atoms with Gasteiger partial charge in [-0.05, 0) is 49.9 Å². The van der Waals surface area contributed by atoms with Gasteiger partial charge in [0.1, 0.15) is 5.76 Å². The number of carbonyl (C=O) groups is 1. The molecule has 0 bridgehead atoms. The van der Waals surface area contributed by atoms with Gasteiger partial charge in [0.15, 0.2) is 0 Å². The lowest BCUT2D eigenvalue weighted by Gasteiger charge is -2.20. The summed E-state index contributed by atoms with van der Waals surface area (Å²) in [5.41, 5.74) is 2.07. The van der Waals surface area contributed by atoms with Crippen molar-refractivity contribution in [2.75, 3.05) is 4.90 Å². The SMILES string of the molecule is CC(=CC(=O)N(Cc1ccco1)c1ccccc1)C1CC1. The number of amides is 1. The molecule has 0 atom stereocenters. The van der Waals surface area contributed by atoms with E-state index in [1.165, 1.54) is 18.4 Å². The second kappa shape index (κ2) is 6.00. The molecule has 2 aromatic rings. The number of rotatable bonds is 5. The van der Waals surface area contributed by atoms with Gasteiger partial charge in [-0.1, -0.05) is 23.8 Å². The average Bonchev–Trinajstić information content (AvgIpc) is 3.23. The number of allylic oxidation sites excluding steroid dienone is 1. The molecule has 1 aliphatic carbocycles. The van der Waals surface area contributed by atoms with Gasteiger partial charge in [0.25, 0.3) is 5.91 Å². The lowest BCUT2D eigenvalue weighted by atomic mass is 10.1. The third-order valence-electron chi connectivity index (χ3n) is 3.80. The highest BCUT2D eigenvalue weighted by atomic mass is 16.3. The van der Waals surface area contributed by atoms with E-state index in [2.05, 4.69) is 0 Å². The van der Waals surface area contributed by atoms with E-state index in [1.54, 1.807) is 17.2 Å². The maximum Gasteiger partial charge on any atom is 0.251 e. The lowest BCUT2D eigenvalue weighted by Crippen LogP contribution is -2.28. The van der Waals surface area contributed by atoms with E-state index in [0.29, 0.717) is 12.5 Å². The standard InChI is InChI=1S/C18H19NO2/c1-14(15-9-10-15)12-18(20)19(13-17-8-5-11-21-17)16-6-3-2-4-7-16/h2-8,11-12,15H,9-10,13H2,1H3. The minimum Gasteiger partial charge on any atom is -0.467 e. The molecule has 3 heteroatoms. The van der Waals surface area contributed by atoms with E-state index >= 15 is 0 Å². The minimum absolute atomic E-state index is 0.0157. The molecule has 1 saturated carbocycles. The van der Waals surface area contributed by atoms with Crippen molar-refractivity contribution in [2.24, 2.45) is 5.92 Å². The van der Waals surface area contributed by atoms with E-state index in [4.69, 9.17) is 4.42 Å². The van der Waals surface area contributed by atoms with Crippen molar-refractivity contribution in [2.45, 2.75) is 26.3 Å². The normalized spacial score (nSPS) is 15.0. The highest BCUT2D eigenvalue weighted by molar-refractivity contribution is 6.01. The number of hydrogen-bond acceptors (Lipinski definition) is 2. The van der Waals surface area contributed by atoms with Crippen LogP contribution in [0, 0.1) is 5.92 Å². The number of carbonyl (C=O) groups excluding carboxylic acids is 1. The molecule has 0 unspecified atom stereocenters. The highest BCUT2D eigenvalue weighted by Crippen LogP contribution is 2.36. The molecule has 1 amide bonds. The van der Waals surface area contributed by atoms with E-state index in [9.17, 15) is 4.79 Å². The first-order valence-electron chi connectivity index (χ1n) is 7.31. The van der Waals surface area contributed by atoms with Gasteiger partial charge in [-0.25, -0.2) is 0 Å². The van der Waals surface area contributed by atoms with Crippen LogP contribution in [-0.4, -0.2) is 5.91 Å². The number of nitrogens with zero attached hydrogens (tertiary/aromatic N) is 1. The van der Waals surface area contributed by atoms with Crippen LogP contribution in [0.3, 0.4) is 0 Å². The Labute approximate surface area is 124 Å². The number of benzene rings is 1. The van der Waals surface area contributed by atoms with Crippen LogP contribution in [0.4, 0.5) is 5.69 Å². The summed E-state index contributed by atoms with van der Waals surface area (Å²) >= 11 is 0. The Morgan fingerprint density at radius 3 is 2.62 bits per heavy atom. The Kier molecular flexibility index (Phi) is 3.91. The second-order valence-electron chi connectivity index (χ2n) is 5.50. The van der Waals surface area contributed by atoms with Crippen LogP contribution in [-0.2, 0) is 11.3 Å². The molecule has 1 aliphatic rings. The molecular formula is C18H19NO2. The number of furan rings is 1. The first-order chi connectivity index (χ1) is 10.2. The van der Waals surface area contributed by atoms with Crippen LogP contribution in [0.25, 0.3) is 0 Å². The fraction of sp³-hybridized carbons (Fsp3) is 0.278. The van der Waals surface area contributed by atoms with Crippen molar-refractivity contribution < 1.29 is 9.21 Å². The summed E-state index contributed by atoms with van der Waals surface area (Å²) in [6.45, 7) is 2.50. The van der Waals surface area contributed by atoms with E-state index < -0.39 is 0 Å². The molecule has 3 nitrogen and oxygen atoms in total. The molecule has 0 spiro atoms. The van der Waals surface area contributed by atoms with Crippen molar-refractivity contribution >= 4 is 11.6 Å². The summed E-state index contributed by atoms with van der Waals surface area (Å²) in [6.07, 6.45) is 5.82. The van der Waals surface area contributed by atoms with Gasteiger partial charge in [-0.3, -0.25) is 4.79 Å². The van der Waals surface area contributed by atoms with Crippen LogP contribution < -0.4 is 4.90 Å². The topological polar surface area (TPSA) is 33.5 Å². The molecular weight excluding hydrogens is 262 g/mol. The number of hydrogen-bond donors (Lipinski definition) is 0. The molecule has 21 heavy (non-hydrogen) atoms. The predicted molar refractivity (Wildman–Crippen MR) is 82.8 cm³/mol. The van der Waals surface area contributed by atoms with Gasteiger partial charge in [-0.2, -0.15) is 0 Å². The summed E-state index contributed by atoms with van der Waals surface area (Å²) in [7, 11) is 0. The predicted octanol–water partition coefficient (Wildman–Crippen LogP) is 4.17. The monoisotopic (exact) mass is 281 g/mol. The van der Waals surface area contributed by atoms with Gasteiger partial charge in [-0.15, -0.1) is 0 Å². The molecule has 108 valence electrons. The van der Waals surface area contributed by atoms with Gasteiger partial charge in [0.05, 0.1) is 12.8 Å². The Morgan fingerprint density at radius 1 is 1.24 bits per heavy atom. The molecule has 0 N–H and O–H groups in total. The maximum atomic E-state index is 12.6. The van der Waals surface area contributed by atoms with Crippen LogP contribution in [0.15, 0.2) is 64.8 Å². The third kappa shape index (κ3) is 3.43. The van der Waals surface area contributed by atoms with Crippen molar-refractivity contribution in [1.29, 1.82) is 0 Å². The molecule has 1 fully saturated rings. The van der Waals surface area contributed by atoms with Crippen molar-refractivity contribution in [1.82, 2.24) is 0 Å². The minimum atomic E-state index is 0.0157. The molecule has 1 heterocycles. The molecule has 0 radical (unpaired) electrons. The smallest absolute Gasteiger partial charge is 0.251 e. The van der Waals surface area contributed by atoms with Gasteiger partial charge < -0.3 is 9.32 Å². The van der Waals surface area contributed by atoms with Crippen LogP contribution in [0.5, 0.6) is 0 Å². The Morgan fingerprint density at radius 2 is 2.00 bits per heavy atom. The lowest BCUT2D eigenvalue weighted by molar-refractivity contribution is -0.114. The quantitative estimate of drug-likeness (QED) is 0.771. The molecule has 3 rings (SSSR count). The van der Waals surface area contributed by atoms with Gasteiger partial charge in [0.2, 0.25) is 0 Å². The van der Waals surface area contributed by atoms with E-state index in [0.717, 1.165) is 11.4 Å². The fourth-order valence-electron chi connectivity index (χ4n) is 2.39.